The van der Waals surface area contributed by atoms with Gasteiger partial charge in [0.25, 0.3) is 0 Å². The Morgan fingerprint density at radius 2 is 2.00 bits per heavy atom. The Morgan fingerprint density at radius 3 is 2.83 bits per heavy atom. The van der Waals surface area contributed by atoms with E-state index in [4.69, 9.17) is 5.73 Å². The van der Waals surface area contributed by atoms with Gasteiger partial charge in [0.15, 0.2) is 11.6 Å². The van der Waals surface area contributed by atoms with E-state index >= 15 is 0 Å². The maximum absolute atomic E-state index is 9.23. The minimum absolute atomic E-state index is 0.0358. The zero-order valence-electron chi connectivity index (χ0n) is 6.36. The molecule has 0 spiro atoms. The number of hydrogen-bond donors (Lipinski definition) is 2. The Morgan fingerprint density at radius 1 is 1.25 bits per heavy atom. The maximum Gasteiger partial charge on any atom is 0.166 e. The van der Waals surface area contributed by atoms with Crippen LogP contribution in [0.25, 0.3) is 10.9 Å². The molecule has 3 heteroatoms. The van der Waals surface area contributed by atoms with E-state index in [0.717, 1.165) is 10.9 Å². The van der Waals surface area contributed by atoms with Gasteiger partial charge in [-0.05, 0) is 12.1 Å². The lowest BCUT2D eigenvalue weighted by atomic mass is 10.2. The van der Waals surface area contributed by atoms with Crippen molar-refractivity contribution in [2.45, 2.75) is 0 Å². The number of rotatable bonds is 0. The number of hydrogen-bond acceptors (Lipinski definition) is 3. The van der Waals surface area contributed by atoms with Gasteiger partial charge in [-0.15, -0.1) is 0 Å². The molecule has 0 fully saturated rings. The average Bonchev–Trinajstić information content (AvgIpc) is 2.07. The predicted octanol–water partition coefficient (Wildman–Crippen LogP) is 1.52. The molecule has 0 aliphatic heterocycles. The molecule has 0 saturated carbocycles. The van der Waals surface area contributed by atoms with Crippen molar-refractivity contribution >= 4 is 16.7 Å². The molecule has 0 radical (unpaired) electrons. The van der Waals surface area contributed by atoms with Crippen LogP contribution in [0.4, 0.5) is 5.82 Å². The highest BCUT2D eigenvalue weighted by atomic mass is 16.3. The summed E-state index contributed by atoms with van der Waals surface area (Å²) >= 11 is 0. The molecule has 1 aromatic carbocycles. The summed E-state index contributed by atoms with van der Waals surface area (Å²) in [4.78, 5) is 4.00. The van der Waals surface area contributed by atoms with Crippen molar-refractivity contribution in [1.82, 2.24) is 4.98 Å². The van der Waals surface area contributed by atoms with E-state index in [2.05, 4.69) is 4.98 Å². The van der Waals surface area contributed by atoms with Gasteiger partial charge in [-0.2, -0.15) is 0 Å². The van der Waals surface area contributed by atoms with Crippen LogP contribution in [-0.2, 0) is 0 Å². The van der Waals surface area contributed by atoms with E-state index in [0.29, 0.717) is 0 Å². The average molecular weight is 160 g/mol. The van der Waals surface area contributed by atoms with E-state index in [1.54, 1.807) is 6.07 Å². The molecule has 0 bridgehead atoms. The first-order valence-corrected chi connectivity index (χ1v) is 3.61. The summed E-state index contributed by atoms with van der Waals surface area (Å²) in [6.07, 6.45) is 0. The third kappa shape index (κ3) is 0.955. The summed E-state index contributed by atoms with van der Waals surface area (Å²) in [6, 6.07) is 9.11. The molecule has 2 aromatic rings. The largest absolute Gasteiger partial charge is 0.504 e. The van der Waals surface area contributed by atoms with Gasteiger partial charge in [-0.25, -0.2) is 4.98 Å². The number of anilines is 1. The zero-order chi connectivity index (χ0) is 8.55. The maximum atomic E-state index is 9.23. The second kappa shape index (κ2) is 2.37. The van der Waals surface area contributed by atoms with Crippen LogP contribution in [-0.4, -0.2) is 10.1 Å². The number of nitrogens with two attached hydrogens (primary N) is 1. The third-order valence-corrected chi connectivity index (χ3v) is 1.73. The van der Waals surface area contributed by atoms with Crippen LogP contribution >= 0.6 is 0 Å². The van der Waals surface area contributed by atoms with E-state index < -0.39 is 0 Å². The van der Waals surface area contributed by atoms with Crippen LogP contribution in [0.1, 0.15) is 0 Å². The van der Waals surface area contributed by atoms with Gasteiger partial charge in [-0.1, -0.05) is 18.2 Å². The van der Waals surface area contributed by atoms with Gasteiger partial charge in [0.1, 0.15) is 0 Å². The number of aromatic hydroxyl groups is 1. The second-order valence-electron chi connectivity index (χ2n) is 2.59. The zero-order valence-corrected chi connectivity index (χ0v) is 6.36. The van der Waals surface area contributed by atoms with Crippen LogP contribution in [0, 0.1) is 0 Å². The number of para-hydroxylation sites is 1. The lowest BCUT2D eigenvalue weighted by Gasteiger charge is -2.00. The van der Waals surface area contributed by atoms with Crippen LogP contribution in [0.2, 0.25) is 0 Å². The minimum Gasteiger partial charge on any atom is -0.504 e. The van der Waals surface area contributed by atoms with Gasteiger partial charge < -0.3 is 10.8 Å². The van der Waals surface area contributed by atoms with E-state index in [1.165, 1.54) is 0 Å². The Labute approximate surface area is 69.5 Å². The van der Waals surface area contributed by atoms with E-state index in [9.17, 15) is 5.11 Å². The fourth-order valence-corrected chi connectivity index (χ4v) is 1.12. The van der Waals surface area contributed by atoms with Crippen molar-refractivity contribution < 1.29 is 5.11 Å². The molecule has 0 atom stereocenters. The molecule has 2 rings (SSSR count). The van der Waals surface area contributed by atoms with E-state index in [1.807, 2.05) is 24.3 Å². The molecule has 0 saturated heterocycles. The number of pyridine rings is 1. The standard InChI is InChI=1S/C9H8N2O/c10-9-8(12)5-6-3-1-2-4-7(6)11-9/h1-5,12H,(H2,10,11). The molecule has 3 N–H and O–H groups in total. The summed E-state index contributed by atoms with van der Waals surface area (Å²) in [5.74, 6) is 0.211. The van der Waals surface area contributed by atoms with Gasteiger partial charge in [0.2, 0.25) is 0 Å². The molecule has 3 nitrogen and oxygen atoms in total. The van der Waals surface area contributed by atoms with Crippen LogP contribution in [0.5, 0.6) is 5.75 Å². The number of nitrogens with zero attached hydrogens (tertiary/aromatic N) is 1. The molecule has 12 heavy (non-hydrogen) atoms. The molecular weight excluding hydrogens is 152 g/mol. The lowest BCUT2D eigenvalue weighted by Crippen LogP contribution is -1.90. The first-order valence-electron chi connectivity index (χ1n) is 3.61. The Hall–Kier alpha value is -1.77. The molecule has 60 valence electrons. The molecule has 0 amide bonds. The minimum atomic E-state index is 0.0358. The van der Waals surface area contributed by atoms with Crippen LogP contribution in [0.3, 0.4) is 0 Å². The number of fused-ring (bicyclic) bond motifs is 1. The molecule has 0 unspecified atom stereocenters. The van der Waals surface area contributed by atoms with Crippen molar-refractivity contribution in [2.24, 2.45) is 0 Å². The Bertz CT molecular complexity index is 385. The predicted molar refractivity (Wildman–Crippen MR) is 47.8 cm³/mol. The summed E-state index contributed by atoms with van der Waals surface area (Å²) < 4.78 is 0. The fraction of sp³-hybridized carbons (Fsp3) is 0. The van der Waals surface area contributed by atoms with Gasteiger partial charge in [-0.3, -0.25) is 0 Å². The highest BCUT2D eigenvalue weighted by molar-refractivity contribution is 5.82. The van der Waals surface area contributed by atoms with E-state index in [-0.39, 0.29) is 11.6 Å². The van der Waals surface area contributed by atoms with Crippen LogP contribution in [0.15, 0.2) is 30.3 Å². The van der Waals surface area contributed by atoms with Crippen molar-refractivity contribution in [2.75, 3.05) is 5.73 Å². The van der Waals surface area contributed by atoms with Crippen molar-refractivity contribution in [3.05, 3.63) is 30.3 Å². The third-order valence-electron chi connectivity index (χ3n) is 1.73. The summed E-state index contributed by atoms with van der Waals surface area (Å²) in [5, 5.41) is 10.1. The van der Waals surface area contributed by atoms with Crippen molar-refractivity contribution in [3.63, 3.8) is 0 Å². The molecule has 0 aliphatic carbocycles. The second-order valence-corrected chi connectivity index (χ2v) is 2.59. The van der Waals surface area contributed by atoms with Crippen LogP contribution < -0.4 is 5.73 Å². The lowest BCUT2D eigenvalue weighted by molar-refractivity contribution is 0.477. The summed E-state index contributed by atoms with van der Waals surface area (Å²) in [6.45, 7) is 0. The molecular formula is C9H8N2O. The monoisotopic (exact) mass is 160 g/mol. The Balaban J connectivity index is 2.84. The highest BCUT2D eigenvalue weighted by Crippen LogP contribution is 2.22. The van der Waals surface area contributed by atoms with Gasteiger partial charge in [0.05, 0.1) is 5.52 Å². The normalized spacial score (nSPS) is 10.3. The summed E-state index contributed by atoms with van der Waals surface area (Å²) in [7, 11) is 0. The fourth-order valence-electron chi connectivity index (χ4n) is 1.12. The molecule has 0 aliphatic rings. The quantitative estimate of drug-likeness (QED) is 0.614. The number of nitrogen functional groups attached to an aromatic ring is 1. The number of benzene rings is 1. The van der Waals surface area contributed by atoms with Gasteiger partial charge in [0, 0.05) is 5.39 Å². The number of aromatic nitrogens is 1. The highest BCUT2D eigenvalue weighted by Gasteiger charge is 1.99. The first kappa shape index (κ1) is 6.91. The van der Waals surface area contributed by atoms with Gasteiger partial charge >= 0.3 is 0 Å². The molecule has 1 aromatic heterocycles. The topological polar surface area (TPSA) is 59.1 Å². The molecule has 1 heterocycles. The Kier molecular flexibility index (Phi) is 1.37. The SMILES string of the molecule is Nc1nc2ccccc2cc1O. The van der Waals surface area contributed by atoms with Crippen molar-refractivity contribution in [1.29, 1.82) is 0 Å². The first-order chi connectivity index (χ1) is 5.77. The van der Waals surface area contributed by atoms with Crippen molar-refractivity contribution in [3.8, 4) is 5.75 Å². The smallest absolute Gasteiger partial charge is 0.166 e. The summed E-state index contributed by atoms with van der Waals surface area (Å²) in [5.41, 5.74) is 6.22.